The highest BCUT2D eigenvalue weighted by Gasteiger charge is 2.27. The van der Waals surface area contributed by atoms with Gasteiger partial charge < -0.3 is 38.8 Å². The van der Waals surface area contributed by atoms with Crippen molar-refractivity contribution in [3.8, 4) is 28.7 Å². The molecule has 0 saturated carbocycles. The van der Waals surface area contributed by atoms with Crippen molar-refractivity contribution in [3.05, 3.63) is 58.7 Å². The Morgan fingerprint density at radius 3 is 1.72 bits per heavy atom. The van der Waals surface area contributed by atoms with Crippen LogP contribution in [0, 0.1) is 0 Å². The summed E-state index contributed by atoms with van der Waals surface area (Å²) in [5.41, 5.74) is 3.44. The van der Waals surface area contributed by atoms with Gasteiger partial charge in [-0.05, 0) is 59.9 Å². The molecule has 2 aromatic rings. The van der Waals surface area contributed by atoms with E-state index in [2.05, 4.69) is 4.90 Å². The molecule has 2 aromatic carbocycles. The lowest BCUT2D eigenvalue weighted by molar-refractivity contribution is -0.134. The maximum absolute atomic E-state index is 13.4. The van der Waals surface area contributed by atoms with Gasteiger partial charge in [0.15, 0.2) is 23.0 Å². The van der Waals surface area contributed by atoms with Crippen LogP contribution in [0.1, 0.15) is 37.0 Å². The molecule has 0 bridgehead atoms. The highest BCUT2D eigenvalue weighted by molar-refractivity contribution is 5.99. The van der Waals surface area contributed by atoms with Gasteiger partial charge in [-0.2, -0.15) is 0 Å². The number of carbonyl (C=O) groups is 5. The summed E-state index contributed by atoms with van der Waals surface area (Å²) >= 11 is 0. The van der Waals surface area contributed by atoms with Crippen LogP contribution < -0.4 is 23.7 Å². The summed E-state index contributed by atoms with van der Waals surface area (Å²) in [6, 6.07) is 7.24. The number of fused-ring (bicyclic) bond motifs is 1. The molecular formula is C33H38N2O12. The maximum atomic E-state index is 13.4. The summed E-state index contributed by atoms with van der Waals surface area (Å²) in [4.78, 5) is 59.7. The lowest BCUT2D eigenvalue weighted by Gasteiger charge is -2.35. The fourth-order valence-corrected chi connectivity index (χ4v) is 5.08. The first-order valence-electron chi connectivity index (χ1n) is 14.5. The van der Waals surface area contributed by atoms with Gasteiger partial charge in [0.05, 0.1) is 21.3 Å². The molecule has 1 heterocycles. The molecule has 2 N–H and O–H groups in total. The summed E-state index contributed by atoms with van der Waals surface area (Å²) < 4.78 is 26.8. The van der Waals surface area contributed by atoms with E-state index in [1.54, 1.807) is 33.5 Å². The molecule has 1 saturated heterocycles. The number of nitrogens with zero attached hydrogens (tertiary/aromatic N) is 2. The van der Waals surface area contributed by atoms with Gasteiger partial charge in [0.2, 0.25) is 11.7 Å². The van der Waals surface area contributed by atoms with Crippen molar-refractivity contribution in [2.45, 2.75) is 33.2 Å². The molecule has 1 fully saturated rings. The first-order valence-corrected chi connectivity index (χ1v) is 14.5. The number of esters is 2. The van der Waals surface area contributed by atoms with Gasteiger partial charge in [0.1, 0.15) is 0 Å². The minimum Gasteiger partial charge on any atom is -0.493 e. The monoisotopic (exact) mass is 654 g/mol. The Morgan fingerprint density at radius 2 is 1.26 bits per heavy atom. The third kappa shape index (κ3) is 10.3. The van der Waals surface area contributed by atoms with Crippen LogP contribution in [0.4, 0.5) is 0 Å². The first-order chi connectivity index (χ1) is 22.3. The normalized spacial score (nSPS) is 14.1. The van der Waals surface area contributed by atoms with E-state index in [4.69, 9.17) is 33.9 Å². The van der Waals surface area contributed by atoms with Crippen molar-refractivity contribution < 1.29 is 57.9 Å². The molecule has 14 nitrogen and oxygen atoms in total. The smallest absolute Gasteiger partial charge is 0.328 e. The zero-order valence-electron chi connectivity index (χ0n) is 26.9. The first kappa shape index (κ1) is 36.1. The molecule has 0 aromatic heterocycles. The zero-order chi connectivity index (χ0) is 34.7. The summed E-state index contributed by atoms with van der Waals surface area (Å²) in [5.74, 6) is -1.40. The third-order valence-corrected chi connectivity index (χ3v) is 7.14. The molecule has 1 aliphatic carbocycles. The number of methoxy groups -OCH3 is 3. The minimum absolute atomic E-state index is 0.00573. The molecule has 0 unspecified atom stereocenters. The van der Waals surface area contributed by atoms with Crippen LogP contribution in [-0.4, -0.2) is 97.3 Å². The van der Waals surface area contributed by atoms with Gasteiger partial charge >= 0.3 is 23.9 Å². The number of aryl methyl sites for hydroxylation is 1. The fraction of sp³-hybridized carbons (Fsp3) is 0.364. The minimum atomic E-state index is -1.26. The Balaban J connectivity index is 0.000000665. The molecule has 2 aliphatic rings. The van der Waals surface area contributed by atoms with Crippen molar-refractivity contribution >= 4 is 35.9 Å². The quantitative estimate of drug-likeness (QED) is 0.217. The van der Waals surface area contributed by atoms with Crippen LogP contribution in [0.5, 0.6) is 28.7 Å². The number of rotatable bonds is 10. The largest absolute Gasteiger partial charge is 0.493 e. The zero-order valence-corrected chi connectivity index (χ0v) is 26.9. The van der Waals surface area contributed by atoms with E-state index in [0.717, 1.165) is 29.8 Å². The Labute approximate surface area is 271 Å². The van der Waals surface area contributed by atoms with Gasteiger partial charge in [-0.1, -0.05) is 0 Å². The van der Waals surface area contributed by atoms with E-state index in [-0.39, 0.29) is 17.4 Å². The topological polar surface area (TPSA) is 178 Å². The van der Waals surface area contributed by atoms with E-state index in [0.29, 0.717) is 67.4 Å². The van der Waals surface area contributed by atoms with E-state index in [1.165, 1.54) is 13.8 Å². The number of benzene rings is 2. The summed E-state index contributed by atoms with van der Waals surface area (Å²) in [6.45, 7) is 5.94. The Kier molecular flexibility index (Phi) is 12.9. The number of hydrogen-bond donors (Lipinski definition) is 2. The second-order valence-electron chi connectivity index (χ2n) is 10.5. The van der Waals surface area contributed by atoms with Crippen LogP contribution >= 0.6 is 0 Å². The summed E-state index contributed by atoms with van der Waals surface area (Å²) in [5, 5.41) is 15.6. The van der Waals surface area contributed by atoms with Crippen LogP contribution in [-0.2, 0) is 36.9 Å². The Bertz CT molecular complexity index is 1530. The number of ether oxygens (including phenoxy) is 5. The van der Waals surface area contributed by atoms with Crippen LogP contribution in [0.25, 0.3) is 6.08 Å². The molecule has 0 radical (unpaired) electrons. The predicted molar refractivity (Wildman–Crippen MR) is 168 cm³/mol. The fourth-order valence-electron chi connectivity index (χ4n) is 5.08. The van der Waals surface area contributed by atoms with Crippen molar-refractivity contribution in [3.63, 3.8) is 0 Å². The number of carboxylic acid groups (broad SMARTS) is 2. The van der Waals surface area contributed by atoms with Crippen LogP contribution in [0.15, 0.2) is 42.0 Å². The second-order valence-corrected chi connectivity index (χ2v) is 10.5. The lowest BCUT2D eigenvalue weighted by atomic mass is 9.91. The van der Waals surface area contributed by atoms with Crippen LogP contribution in [0.3, 0.4) is 0 Å². The molecule has 0 spiro atoms. The maximum Gasteiger partial charge on any atom is 0.328 e. The molecule has 0 atom stereocenters. The SMILES string of the molecule is COc1cc(CN2CCN(C(=O)C3=Cc4cc(OC(C)=O)c(OC(C)=O)cc4CC3)CC2)cc(OC)c1OC.O=C(O)/C=C/C(=O)O. The van der Waals surface area contributed by atoms with Gasteiger partial charge in [0.25, 0.3) is 0 Å². The Hall–Kier alpha value is -5.37. The van der Waals surface area contributed by atoms with Gasteiger partial charge in [-0.3, -0.25) is 19.3 Å². The molecule has 252 valence electrons. The number of piperazine rings is 1. The third-order valence-electron chi connectivity index (χ3n) is 7.14. The van der Waals surface area contributed by atoms with Gasteiger partial charge in [-0.15, -0.1) is 0 Å². The number of aliphatic carboxylic acids is 2. The average molecular weight is 655 g/mol. The van der Waals surface area contributed by atoms with E-state index >= 15 is 0 Å². The summed E-state index contributed by atoms with van der Waals surface area (Å²) in [7, 11) is 4.77. The molecule has 1 aliphatic heterocycles. The highest BCUT2D eigenvalue weighted by Crippen LogP contribution is 2.39. The number of carboxylic acids is 2. The van der Waals surface area contributed by atoms with E-state index in [1.807, 2.05) is 23.1 Å². The molecule has 14 heteroatoms. The lowest BCUT2D eigenvalue weighted by Crippen LogP contribution is -2.48. The molecule has 4 rings (SSSR count). The Morgan fingerprint density at radius 1 is 0.723 bits per heavy atom. The highest BCUT2D eigenvalue weighted by atomic mass is 16.6. The number of hydrogen-bond acceptors (Lipinski definition) is 11. The predicted octanol–water partition coefficient (Wildman–Crippen LogP) is 2.95. The molecule has 1 amide bonds. The van der Waals surface area contributed by atoms with E-state index < -0.39 is 23.9 Å². The van der Waals surface area contributed by atoms with Gasteiger partial charge in [-0.25, -0.2) is 9.59 Å². The van der Waals surface area contributed by atoms with Gasteiger partial charge in [0, 0.05) is 64.3 Å². The second kappa shape index (κ2) is 16.8. The molecule has 47 heavy (non-hydrogen) atoms. The summed E-state index contributed by atoms with van der Waals surface area (Å²) in [6.07, 6.45) is 4.14. The van der Waals surface area contributed by atoms with Crippen LogP contribution in [0.2, 0.25) is 0 Å². The number of carbonyl (C=O) groups excluding carboxylic acids is 3. The van der Waals surface area contributed by atoms with Crippen molar-refractivity contribution in [2.24, 2.45) is 0 Å². The van der Waals surface area contributed by atoms with Crippen molar-refractivity contribution in [2.75, 3.05) is 47.5 Å². The van der Waals surface area contributed by atoms with E-state index in [9.17, 15) is 24.0 Å². The van der Waals surface area contributed by atoms with Crippen molar-refractivity contribution in [1.82, 2.24) is 9.80 Å². The number of amides is 1. The molecular weight excluding hydrogens is 616 g/mol. The standard InChI is InChI=1S/C29H34N2O8.C4H4O4/c1-18(32)38-24-15-21-6-7-22(14-23(21)16-25(24)39-19(2)33)29(34)31-10-8-30(9-11-31)17-20-12-26(35-3)28(37-5)27(13-20)36-4;5-3(6)1-2-4(7)8/h12-16H,6-11,17H2,1-5H3;1-2H,(H,5,6)(H,7,8)/b;2-1+. The average Bonchev–Trinajstić information content (AvgIpc) is 3.03. The van der Waals surface area contributed by atoms with Crippen molar-refractivity contribution in [1.29, 1.82) is 0 Å².